The largest absolute Gasteiger partial charge is 0.505 e. The molecule has 1 fully saturated rings. The third-order valence-electron chi connectivity index (χ3n) is 8.17. The number of carbonyl (C=O) groups excluding carboxylic acids is 4. The Morgan fingerprint density at radius 1 is 0.973 bits per heavy atom. The molecular weight excluding hydrogens is 473 g/mol. The van der Waals surface area contributed by atoms with Crippen LogP contribution in [-0.4, -0.2) is 33.4 Å². The van der Waals surface area contributed by atoms with Crippen molar-refractivity contribution in [2.24, 2.45) is 17.8 Å². The van der Waals surface area contributed by atoms with Crippen LogP contribution in [0.3, 0.4) is 0 Å². The van der Waals surface area contributed by atoms with E-state index in [2.05, 4.69) is 0 Å². The molecule has 6 nitrogen and oxygen atoms in total. The molecule has 1 saturated heterocycles. The Balaban J connectivity index is 1.47. The number of rotatable bonds is 3. The molecule has 4 atom stereocenters. The zero-order valence-electron chi connectivity index (χ0n) is 20.1. The first-order valence-corrected chi connectivity index (χ1v) is 12.3. The van der Waals surface area contributed by atoms with E-state index in [1.165, 1.54) is 23.1 Å². The third kappa shape index (κ3) is 3.44. The van der Waals surface area contributed by atoms with E-state index >= 15 is 0 Å². The molecule has 0 spiro atoms. The molecule has 3 aliphatic carbocycles. The number of benzene rings is 2. The van der Waals surface area contributed by atoms with Crippen molar-refractivity contribution in [3.8, 4) is 5.75 Å². The van der Waals surface area contributed by atoms with Gasteiger partial charge in [-0.05, 0) is 43.4 Å². The van der Waals surface area contributed by atoms with Crippen LogP contribution in [0.4, 0.5) is 4.39 Å². The Kier molecular flexibility index (Phi) is 5.33. The number of ketones is 2. The number of phenols is 1. The number of allylic oxidation sites excluding steroid dienone is 6. The van der Waals surface area contributed by atoms with Crippen molar-refractivity contribution in [2.45, 2.75) is 32.2 Å². The molecule has 1 aliphatic heterocycles. The summed E-state index contributed by atoms with van der Waals surface area (Å²) in [7, 11) is 0. The van der Waals surface area contributed by atoms with Crippen molar-refractivity contribution in [1.82, 2.24) is 4.90 Å². The zero-order chi connectivity index (χ0) is 26.0. The molecule has 4 unspecified atom stereocenters. The Labute approximate surface area is 212 Å². The van der Waals surface area contributed by atoms with E-state index < -0.39 is 35.2 Å². The maximum atomic E-state index is 14.4. The lowest BCUT2D eigenvalue weighted by molar-refractivity contribution is -0.140. The number of amides is 2. The van der Waals surface area contributed by atoms with E-state index in [0.717, 1.165) is 11.6 Å². The number of imide groups is 1. The molecule has 37 heavy (non-hydrogen) atoms. The Hall–Kier alpha value is -4.13. The number of hydrogen-bond acceptors (Lipinski definition) is 5. The second kappa shape index (κ2) is 8.47. The van der Waals surface area contributed by atoms with Crippen LogP contribution in [0.25, 0.3) is 0 Å². The maximum Gasteiger partial charge on any atom is 0.234 e. The lowest BCUT2D eigenvalue weighted by Crippen LogP contribution is -2.39. The number of Topliss-reactive ketones (excluding diaryl/α,β-unsaturated/α-hetero) is 1. The van der Waals surface area contributed by atoms with Gasteiger partial charge in [0.1, 0.15) is 0 Å². The van der Waals surface area contributed by atoms with Crippen molar-refractivity contribution in [1.29, 1.82) is 0 Å². The highest BCUT2D eigenvalue weighted by Crippen LogP contribution is 2.56. The molecule has 7 heteroatoms. The summed E-state index contributed by atoms with van der Waals surface area (Å²) < 4.78 is 14.4. The van der Waals surface area contributed by atoms with E-state index in [1.54, 1.807) is 6.92 Å². The van der Waals surface area contributed by atoms with Gasteiger partial charge >= 0.3 is 0 Å². The van der Waals surface area contributed by atoms with Gasteiger partial charge in [-0.3, -0.25) is 24.1 Å². The second-order valence-corrected chi connectivity index (χ2v) is 10.2. The number of likely N-dealkylation sites (tertiary alicyclic amines) is 1. The van der Waals surface area contributed by atoms with Crippen LogP contribution in [0.15, 0.2) is 83.0 Å². The van der Waals surface area contributed by atoms with E-state index in [1.807, 2.05) is 36.4 Å². The molecule has 0 bridgehead atoms. The fourth-order valence-corrected chi connectivity index (χ4v) is 6.49. The van der Waals surface area contributed by atoms with Crippen LogP contribution >= 0.6 is 0 Å². The summed E-state index contributed by atoms with van der Waals surface area (Å²) >= 11 is 0. The molecule has 6 rings (SSSR count). The highest BCUT2D eigenvalue weighted by molar-refractivity contribution is 6.23. The number of para-hydroxylation sites is 1. The van der Waals surface area contributed by atoms with E-state index in [0.29, 0.717) is 17.6 Å². The smallest absolute Gasteiger partial charge is 0.234 e. The highest BCUT2D eigenvalue weighted by atomic mass is 19.1. The van der Waals surface area contributed by atoms with Crippen molar-refractivity contribution < 1.29 is 28.7 Å². The topological polar surface area (TPSA) is 91.8 Å². The monoisotopic (exact) mass is 497 g/mol. The molecular formula is C30H24FNO5. The average Bonchev–Trinajstić information content (AvgIpc) is 3.13. The van der Waals surface area contributed by atoms with Crippen molar-refractivity contribution in [3.05, 3.63) is 99.9 Å². The SMILES string of the molecule is CC1=CC(=O)C2=C(CC3C(=CCC4C(=O)N(Cc5ccccc5)C(=O)C43)C2c2cccc(F)c2O)C1=O. The van der Waals surface area contributed by atoms with Gasteiger partial charge in [-0.2, -0.15) is 0 Å². The minimum Gasteiger partial charge on any atom is -0.505 e. The Morgan fingerprint density at radius 2 is 1.73 bits per heavy atom. The molecule has 2 aromatic rings. The first kappa shape index (κ1) is 23.3. The van der Waals surface area contributed by atoms with Crippen molar-refractivity contribution in [3.63, 3.8) is 0 Å². The van der Waals surface area contributed by atoms with E-state index in [4.69, 9.17) is 0 Å². The summed E-state index contributed by atoms with van der Waals surface area (Å²) in [5.74, 6) is -5.30. The predicted molar refractivity (Wildman–Crippen MR) is 131 cm³/mol. The van der Waals surface area contributed by atoms with Gasteiger partial charge in [-0.1, -0.05) is 54.1 Å². The summed E-state index contributed by atoms with van der Waals surface area (Å²) in [4.78, 5) is 54.9. The van der Waals surface area contributed by atoms with E-state index in [9.17, 15) is 28.7 Å². The van der Waals surface area contributed by atoms with Crippen molar-refractivity contribution >= 4 is 23.4 Å². The van der Waals surface area contributed by atoms with E-state index in [-0.39, 0.29) is 53.1 Å². The molecule has 2 amide bonds. The lowest BCUT2D eigenvalue weighted by Gasteiger charge is -2.42. The van der Waals surface area contributed by atoms with Gasteiger partial charge in [-0.25, -0.2) is 4.39 Å². The number of carbonyl (C=O) groups is 4. The molecule has 0 aromatic heterocycles. The quantitative estimate of drug-likeness (QED) is 0.391. The number of phenolic OH excluding ortho intramolecular Hbond substituents is 1. The lowest BCUT2D eigenvalue weighted by atomic mass is 9.59. The van der Waals surface area contributed by atoms with Gasteiger partial charge in [0.2, 0.25) is 11.8 Å². The highest BCUT2D eigenvalue weighted by Gasteiger charge is 2.56. The number of hydrogen-bond donors (Lipinski definition) is 1. The minimum absolute atomic E-state index is 0.142. The number of fused-ring (bicyclic) bond motifs is 3. The van der Waals surface area contributed by atoms with Gasteiger partial charge in [0.15, 0.2) is 23.1 Å². The fraction of sp³-hybridized carbons (Fsp3) is 0.267. The number of aromatic hydroxyl groups is 1. The van der Waals surface area contributed by atoms with Gasteiger partial charge in [0, 0.05) is 28.2 Å². The predicted octanol–water partition coefficient (Wildman–Crippen LogP) is 4.16. The van der Waals surface area contributed by atoms with Gasteiger partial charge in [0.25, 0.3) is 0 Å². The number of nitrogens with zero attached hydrogens (tertiary/aromatic N) is 1. The van der Waals surface area contributed by atoms with Crippen LogP contribution in [-0.2, 0) is 25.7 Å². The van der Waals surface area contributed by atoms with Crippen LogP contribution in [0.1, 0.15) is 36.8 Å². The minimum atomic E-state index is -0.878. The van der Waals surface area contributed by atoms with Gasteiger partial charge in [0.05, 0.1) is 18.4 Å². The summed E-state index contributed by atoms with van der Waals surface area (Å²) in [5, 5.41) is 10.7. The fourth-order valence-electron chi connectivity index (χ4n) is 6.49. The van der Waals surface area contributed by atoms with Crippen LogP contribution in [0, 0.1) is 23.6 Å². The average molecular weight is 498 g/mol. The third-order valence-corrected chi connectivity index (χ3v) is 8.17. The molecule has 1 heterocycles. The molecule has 1 N–H and O–H groups in total. The first-order chi connectivity index (χ1) is 17.8. The van der Waals surface area contributed by atoms with Crippen molar-refractivity contribution in [2.75, 3.05) is 0 Å². The first-order valence-electron chi connectivity index (χ1n) is 12.3. The zero-order valence-corrected chi connectivity index (χ0v) is 20.1. The molecule has 2 aromatic carbocycles. The summed E-state index contributed by atoms with van der Waals surface area (Å²) in [6.07, 6.45) is 3.56. The summed E-state index contributed by atoms with van der Waals surface area (Å²) in [6.45, 7) is 1.73. The van der Waals surface area contributed by atoms with Crippen LogP contribution in [0.5, 0.6) is 5.75 Å². The molecule has 4 aliphatic rings. The molecule has 186 valence electrons. The maximum absolute atomic E-state index is 14.4. The van der Waals surface area contributed by atoms with Gasteiger partial charge < -0.3 is 5.11 Å². The normalized spacial score (nSPS) is 27.0. The molecule has 0 radical (unpaired) electrons. The van der Waals surface area contributed by atoms with Gasteiger partial charge in [-0.15, -0.1) is 0 Å². The Morgan fingerprint density at radius 3 is 2.49 bits per heavy atom. The number of halogens is 1. The summed E-state index contributed by atoms with van der Waals surface area (Å²) in [6, 6.07) is 13.4. The van der Waals surface area contributed by atoms with Crippen LogP contribution < -0.4 is 0 Å². The molecule has 0 saturated carbocycles. The Bertz CT molecular complexity index is 1480. The summed E-state index contributed by atoms with van der Waals surface area (Å²) in [5.41, 5.74) is 2.48. The van der Waals surface area contributed by atoms with Crippen LogP contribution in [0.2, 0.25) is 0 Å². The standard InChI is InChI=1S/C30H24FNO5/c1-15-12-23(33)26-21(27(15)34)13-20-17(24(26)18-8-5-9-22(31)28(18)35)10-11-19-25(20)30(37)32(29(19)36)14-16-6-3-2-4-7-16/h2-10,12,19-20,24-25,35H,11,13-14H2,1H3. The second-order valence-electron chi connectivity index (χ2n) is 10.2.